The Bertz CT molecular complexity index is 423. The van der Waals surface area contributed by atoms with E-state index < -0.39 is 14.6 Å². The van der Waals surface area contributed by atoms with E-state index in [0.717, 1.165) is 12.8 Å². The van der Waals surface area contributed by atoms with Gasteiger partial charge in [-0.1, -0.05) is 19.8 Å². The van der Waals surface area contributed by atoms with Crippen molar-refractivity contribution in [1.29, 1.82) is 0 Å². The Morgan fingerprint density at radius 1 is 1.25 bits per heavy atom. The molecule has 2 atom stereocenters. The Morgan fingerprint density at radius 3 is 2.45 bits per heavy atom. The van der Waals surface area contributed by atoms with Crippen LogP contribution in [0, 0.1) is 11.8 Å². The van der Waals surface area contributed by atoms with Gasteiger partial charge in [-0.3, -0.25) is 4.79 Å². The maximum absolute atomic E-state index is 11.9. The molecule has 1 aliphatic rings. The van der Waals surface area contributed by atoms with Crippen molar-refractivity contribution in [2.45, 2.75) is 64.5 Å². The van der Waals surface area contributed by atoms with Gasteiger partial charge in [-0.05, 0) is 45.4 Å². The van der Waals surface area contributed by atoms with E-state index >= 15 is 0 Å². The maximum Gasteiger partial charge on any atom is 0.220 e. The second kappa shape index (κ2) is 6.92. The number of nitrogens with one attached hydrogen (secondary N) is 1. The Labute approximate surface area is 123 Å². The summed E-state index contributed by atoms with van der Waals surface area (Å²) in [6.07, 6.45) is 5.26. The van der Waals surface area contributed by atoms with Gasteiger partial charge in [0.15, 0.2) is 9.84 Å². The lowest BCUT2D eigenvalue weighted by Crippen LogP contribution is -2.37. The summed E-state index contributed by atoms with van der Waals surface area (Å²) in [4.78, 5) is 11.8. The zero-order valence-electron chi connectivity index (χ0n) is 13.2. The lowest BCUT2D eigenvalue weighted by molar-refractivity contribution is -0.122. The number of hydrogen-bond acceptors (Lipinski definition) is 3. The van der Waals surface area contributed by atoms with Crippen LogP contribution in [0.25, 0.3) is 0 Å². The summed E-state index contributed by atoms with van der Waals surface area (Å²) < 4.78 is 23.1. The van der Waals surface area contributed by atoms with Crippen molar-refractivity contribution in [2.75, 3.05) is 12.3 Å². The van der Waals surface area contributed by atoms with Crippen LogP contribution in [0.3, 0.4) is 0 Å². The zero-order valence-corrected chi connectivity index (χ0v) is 14.1. The number of rotatable bonds is 5. The van der Waals surface area contributed by atoms with E-state index in [2.05, 4.69) is 12.2 Å². The molecule has 118 valence electrons. The lowest BCUT2D eigenvalue weighted by Gasteiger charge is -2.26. The minimum atomic E-state index is -3.15. The van der Waals surface area contributed by atoms with E-state index in [1.165, 1.54) is 12.8 Å². The summed E-state index contributed by atoms with van der Waals surface area (Å²) in [5.41, 5.74) is 0. The first kappa shape index (κ1) is 17.5. The fourth-order valence-electron chi connectivity index (χ4n) is 2.71. The highest BCUT2D eigenvalue weighted by atomic mass is 32.2. The molecule has 1 N–H and O–H groups in total. The quantitative estimate of drug-likeness (QED) is 0.849. The van der Waals surface area contributed by atoms with Crippen molar-refractivity contribution in [2.24, 2.45) is 11.8 Å². The maximum atomic E-state index is 11.9. The molecule has 4 nitrogen and oxygen atoms in total. The molecular weight excluding hydrogens is 274 g/mol. The Kier molecular flexibility index (Phi) is 6.05. The fraction of sp³-hybridized carbons (Fsp3) is 0.933. The van der Waals surface area contributed by atoms with Crippen LogP contribution >= 0.6 is 0 Å². The molecule has 2 unspecified atom stereocenters. The molecular formula is C15H29NO3S. The van der Waals surface area contributed by atoms with Crippen molar-refractivity contribution in [3.8, 4) is 0 Å². The molecule has 0 radical (unpaired) electrons. The van der Waals surface area contributed by atoms with Gasteiger partial charge in [0, 0.05) is 13.0 Å². The molecule has 0 heterocycles. The van der Waals surface area contributed by atoms with Gasteiger partial charge in [-0.25, -0.2) is 8.42 Å². The molecule has 1 aliphatic carbocycles. The SMILES string of the molecule is CC1CCCC(CC(=O)NCCS(=O)(=O)C(C)(C)C)C1. The molecule has 1 fully saturated rings. The monoisotopic (exact) mass is 303 g/mol. The van der Waals surface area contributed by atoms with Gasteiger partial charge in [0.05, 0.1) is 10.5 Å². The molecule has 5 heteroatoms. The summed E-state index contributed by atoms with van der Waals surface area (Å²) in [7, 11) is -3.15. The van der Waals surface area contributed by atoms with Crippen LogP contribution in [0.5, 0.6) is 0 Å². The van der Waals surface area contributed by atoms with Crippen LogP contribution in [-0.4, -0.2) is 31.4 Å². The van der Waals surface area contributed by atoms with E-state index in [-0.39, 0.29) is 18.2 Å². The third kappa shape index (κ3) is 5.43. The number of sulfone groups is 1. The molecule has 0 aliphatic heterocycles. The third-order valence-electron chi connectivity index (χ3n) is 4.15. The van der Waals surface area contributed by atoms with E-state index in [1.54, 1.807) is 20.8 Å². The normalized spacial score (nSPS) is 24.4. The molecule has 1 amide bonds. The summed E-state index contributed by atoms with van der Waals surface area (Å²) >= 11 is 0. The van der Waals surface area contributed by atoms with Gasteiger partial charge >= 0.3 is 0 Å². The van der Waals surface area contributed by atoms with Crippen LogP contribution in [0.15, 0.2) is 0 Å². The highest BCUT2D eigenvalue weighted by Crippen LogP contribution is 2.30. The van der Waals surface area contributed by atoms with E-state index in [9.17, 15) is 13.2 Å². The van der Waals surface area contributed by atoms with Gasteiger partial charge < -0.3 is 5.32 Å². The Hall–Kier alpha value is -0.580. The van der Waals surface area contributed by atoms with Crippen LogP contribution in [0.4, 0.5) is 0 Å². The van der Waals surface area contributed by atoms with Crippen molar-refractivity contribution in [3.05, 3.63) is 0 Å². The first-order valence-electron chi connectivity index (χ1n) is 7.61. The molecule has 0 aromatic rings. The number of amides is 1. The predicted molar refractivity (Wildman–Crippen MR) is 82.3 cm³/mol. The Balaban J connectivity index is 2.30. The van der Waals surface area contributed by atoms with Gasteiger partial charge in [-0.15, -0.1) is 0 Å². The summed E-state index contributed by atoms with van der Waals surface area (Å²) in [6, 6.07) is 0. The van der Waals surface area contributed by atoms with Crippen LogP contribution in [0.1, 0.15) is 59.8 Å². The summed E-state index contributed by atoms with van der Waals surface area (Å²) in [6.45, 7) is 7.52. The largest absolute Gasteiger partial charge is 0.355 e. The van der Waals surface area contributed by atoms with Crippen molar-refractivity contribution < 1.29 is 13.2 Å². The van der Waals surface area contributed by atoms with Gasteiger partial charge in [0.2, 0.25) is 5.91 Å². The van der Waals surface area contributed by atoms with Gasteiger partial charge in [-0.2, -0.15) is 0 Å². The molecule has 1 rings (SSSR count). The second-order valence-electron chi connectivity index (χ2n) is 7.12. The van der Waals surface area contributed by atoms with Crippen LogP contribution in [-0.2, 0) is 14.6 Å². The standard InChI is InChI=1S/C15H29NO3S/c1-12-6-5-7-13(10-12)11-14(17)16-8-9-20(18,19)15(2,3)4/h12-13H,5-11H2,1-4H3,(H,16,17). The molecule has 1 saturated carbocycles. The fourth-order valence-corrected chi connectivity index (χ4v) is 3.69. The van der Waals surface area contributed by atoms with Crippen LogP contribution < -0.4 is 5.32 Å². The average molecular weight is 303 g/mol. The molecule has 0 saturated heterocycles. The zero-order chi connectivity index (χ0) is 15.4. The first-order valence-corrected chi connectivity index (χ1v) is 9.26. The molecule has 0 aromatic carbocycles. The predicted octanol–water partition coefficient (Wildman–Crippen LogP) is 2.53. The van der Waals surface area contributed by atoms with E-state index in [4.69, 9.17) is 0 Å². The highest BCUT2D eigenvalue weighted by Gasteiger charge is 2.28. The molecule has 20 heavy (non-hydrogen) atoms. The van der Waals surface area contributed by atoms with Gasteiger partial charge in [0.25, 0.3) is 0 Å². The first-order chi connectivity index (χ1) is 9.12. The second-order valence-corrected chi connectivity index (χ2v) is 9.99. The summed E-state index contributed by atoms with van der Waals surface area (Å²) in [5.74, 6) is 1.19. The third-order valence-corrected chi connectivity index (χ3v) is 6.75. The molecule has 0 spiro atoms. The lowest BCUT2D eigenvalue weighted by atomic mass is 9.81. The minimum absolute atomic E-state index is 0.00629. The van der Waals surface area contributed by atoms with E-state index in [0.29, 0.717) is 18.3 Å². The van der Waals surface area contributed by atoms with Crippen molar-refractivity contribution in [3.63, 3.8) is 0 Å². The average Bonchev–Trinajstić information content (AvgIpc) is 2.26. The highest BCUT2D eigenvalue weighted by molar-refractivity contribution is 7.92. The molecule has 0 bridgehead atoms. The van der Waals surface area contributed by atoms with E-state index in [1.807, 2.05) is 0 Å². The topological polar surface area (TPSA) is 63.2 Å². The van der Waals surface area contributed by atoms with Gasteiger partial charge in [0.1, 0.15) is 0 Å². The number of carbonyl (C=O) groups is 1. The summed E-state index contributed by atoms with van der Waals surface area (Å²) in [5, 5.41) is 2.75. The molecule has 0 aromatic heterocycles. The number of hydrogen-bond donors (Lipinski definition) is 1. The minimum Gasteiger partial charge on any atom is -0.355 e. The van der Waals surface area contributed by atoms with Crippen LogP contribution in [0.2, 0.25) is 0 Å². The smallest absolute Gasteiger partial charge is 0.220 e. The Morgan fingerprint density at radius 2 is 1.90 bits per heavy atom. The number of carbonyl (C=O) groups excluding carboxylic acids is 1. The van der Waals surface area contributed by atoms with Crippen molar-refractivity contribution in [1.82, 2.24) is 5.32 Å². The van der Waals surface area contributed by atoms with Crippen molar-refractivity contribution >= 4 is 15.7 Å².